The van der Waals surface area contributed by atoms with Crippen molar-refractivity contribution in [3.8, 4) is 5.88 Å². The molecule has 1 aromatic carbocycles. The second-order valence-electron chi connectivity index (χ2n) is 17.4. The molecule has 7 rings (SSSR count). The third-order valence-corrected chi connectivity index (χ3v) is 14.4. The number of halogens is 1. The van der Waals surface area contributed by atoms with Crippen molar-refractivity contribution in [3.63, 3.8) is 0 Å². The summed E-state index contributed by atoms with van der Waals surface area (Å²) in [6.45, 7) is 10.6. The molecule has 4 heterocycles. The van der Waals surface area contributed by atoms with Crippen LogP contribution in [-0.4, -0.2) is 102 Å². The Balaban J connectivity index is 1.29. The van der Waals surface area contributed by atoms with Gasteiger partial charge in [-0.1, -0.05) is 37.6 Å². The molecule has 0 bridgehead atoms. The fraction of sp³-hybridized carbons (Fsp3) is 0.590. The van der Waals surface area contributed by atoms with Gasteiger partial charge in [-0.05, 0) is 96.3 Å². The number of fused-ring (bicyclic) bond motifs is 5. The molecule has 2 saturated carbocycles. The zero-order valence-electron chi connectivity index (χ0n) is 32.5. The lowest BCUT2D eigenvalue weighted by Crippen LogP contribution is -2.62. The quantitative estimate of drug-likeness (QED) is 0.288. The number of sulfonamides is 1. The van der Waals surface area contributed by atoms with E-state index >= 15 is 4.79 Å². The minimum Gasteiger partial charge on any atom is -0.472 e. The molecular formula is C39H50ClN7O8S. The minimum atomic E-state index is -4.03. The second-order valence-corrected chi connectivity index (χ2v) is 20.0. The summed E-state index contributed by atoms with van der Waals surface area (Å²) in [4.78, 5) is 68.2. The van der Waals surface area contributed by atoms with Crippen LogP contribution >= 0.6 is 11.6 Å². The maximum Gasteiger partial charge on any atom is 0.408 e. The van der Waals surface area contributed by atoms with Gasteiger partial charge in [0.2, 0.25) is 33.5 Å². The van der Waals surface area contributed by atoms with Gasteiger partial charge in [0.1, 0.15) is 23.7 Å². The van der Waals surface area contributed by atoms with Crippen LogP contribution in [0.5, 0.6) is 5.88 Å². The molecule has 7 atom stereocenters. The number of carbonyl (C=O) groups is 4. The molecule has 0 unspecified atom stereocenters. The zero-order valence-corrected chi connectivity index (χ0v) is 34.1. The summed E-state index contributed by atoms with van der Waals surface area (Å²) in [5.41, 5.74) is -1.84. The van der Waals surface area contributed by atoms with Gasteiger partial charge < -0.3 is 20.1 Å². The first-order valence-electron chi connectivity index (χ1n) is 19.2. The summed E-state index contributed by atoms with van der Waals surface area (Å²) in [6.07, 6.45) is 7.94. The highest BCUT2D eigenvalue weighted by Crippen LogP contribution is 2.48. The van der Waals surface area contributed by atoms with Crippen molar-refractivity contribution in [2.45, 2.75) is 121 Å². The molecule has 56 heavy (non-hydrogen) atoms. The number of ether oxygens (including phenoxy) is 1. The van der Waals surface area contributed by atoms with Crippen molar-refractivity contribution < 1.29 is 37.4 Å². The number of carboxylic acid groups (broad SMARTS) is 1. The molecule has 4 aliphatic rings. The van der Waals surface area contributed by atoms with Gasteiger partial charge in [-0.15, -0.1) is 0 Å². The average Bonchev–Trinajstić information content (AvgIpc) is 3.89. The third kappa shape index (κ3) is 7.30. The molecule has 0 spiro atoms. The first-order valence-corrected chi connectivity index (χ1v) is 21.1. The van der Waals surface area contributed by atoms with E-state index in [2.05, 4.69) is 26.9 Å². The van der Waals surface area contributed by atoms with Crippen molar-refractivity contribution in [2.75, 3.05) is 6.54 Å². The van der Waals surface area contributed by atoms with Gasteiger partial charge in [-0.3, -0.25) is 28.4 Å². The Labute approximate surface area is 331 Å². The van der Waals surface area contributed by atoms with Crippen LogP contribution in [0.15, 0.2) is 42.7 Å². The lowest BCUT2D eigenvalue weighted by atomic mass is 9.85. The summed E-state index contributed by atoms with van der Waals surface area (Å²) in [5.74, 6) is -2.36. The summed E-state index contributed by atoms with van der Waals surface area (Å²) >= 11 is 6.41. The fourth-order valence-electron chi connectivity index (χ4n) is 8.42. The zero-order chi connectivity index (χ0) is 40.5. The van der Waals surface area contributed by atoms with Gasteiger partial charge in [0.15, 0.2) is 0 Å². The average molecular weight is 812 g/mol. The number of nitrogens with zero attached hydrogens (tertiary/aromatic N) is 5. The lowest BCUT2D eigenvalue weighted by Gasteiger charge is -2.43. The lowest BCUT2D eigenvalue weighted by molar-refractivity contribution is -0.146. The second kappa shape index (κ2) is 14.2. The van der Waals surface area contributed by atoms with Crippen LogP contribution in [0.4, 0.5) is 4.79 Å². The highest BCUT2D eigenvalue weighted by molar-refractivity contribution is 7.91. The number of hydrogen-bond donors (Lipinski definition) is 3. The number of aromatic nitrogens is 3. The van der Waals surface area contributed by atoms with Crippen LogP contribution < -0.4 is 14.8 Å². The normalized spacial score (nSPS) is 30.0. The smallest absolute Gasteiger partial charge is 0.408 e. The van der Waals surface area contributed by atoms with Gasteiger partial charge in [-0.25, -0.2) is 18.2 Å². The molecule has 302 valence electrons. The number of nitrogens with one attached hydrogen (secondary N) is 2. The van der Waals surface area contributed by atoms with E-state index in [-0.39, 0.29) is 31.2 Å². The Morgan fingerprint density at radius 2 is 1.89 bits per heavy atom. The number of imidazole rings is 1. The van der Waals surface area contributed by atoms with Gasteiger partial charge >= 0.3 is 6.09 Å². The largest absolute Gasteiger partial charge is 0.472 e. The molecule has 3 N–H and O–H groups in total. The van der Waals surface area contributed by atoms with Crippen LogP contribution in [-0.2, 0) is 24.4 Å². The van der Waals surface area contributed by atoms with Gasteiger partial charge in [-0.2, -0.15) is 4.98 Å². The van der Waals surface area contributed by atoms with Crippen LogP contribution in [0.3, 0.4) is 0 Å². The molecule has 17 heteroatoms. The van der Waals surface area contributed by atoms with Crippen molar-refractivity contribution in [1.82, 2.24) is 34.2 Å². The van der Waals surface area contributed by atoms with Crippen molar-refractivity contribution in [3.05, 3.63) is 47.8 Å². The molecule has 2 aromatic heterocycles. The van der Waals surface area contributed by atoms with E-state index in [9.17, 15) is 27.9 Å². The van der Waals surface area contributed by atoms with Crippen molar-refractivity contribution >= 4 is 62.1 Å². The van der Waals surface area contributed by atoms with E-state index in [1.807, 2.05) is 25.1 Å². The number of carbonyl (C=O) groups excluding carboxylic acids is 3. The molecule has 1 saturated heterocycles. The minimum absolute atomic E-state index is 0.0321. The highest BCUT2D eigenvalue weighted by atomic mass is 35.5. The Hall–Kier alpha value is -4.44. The van der Waals surface area contributed by atoms with E-state index in [1.165, 1.54) is 9.80 Å². The topological polar surface area (TPSA) is 193 Å². The maximum atomic E-state index is 15.1. The van der Waals surface area contributed by atoms with Crippen molar-refractivity contribution in [1.29, 1.82) is 0 Å². The van der Waals surface area contributed by atoms with Crippen LogP contribution in [0.25, 0.3) is 16.7 Å². The highest BCUT2D eigenvalue weighted by Gasteiger charge is 2.63. The first kappa shape index (κ1) is 39.8. The third-order valence-electron chi connectivity index (χ3n) is 12.0. The molecule has 2 aliphatic carbocycles. The fourth-order valence-corrected chi connectivity index (χ4v) is 9.90. The molecule has 0 radical (unpaired) electrons. The van der Waals surface area contributed by atoms with E-state index in [0.29, 0.717) is 41.9 Å². The predicted molar refractivity (Wildman–Crippen MR) is 208 cm³/mol. The molecule has 3 fully saturated rings. The summed E-state index contributed by atoms with van der Waals surface area (Å²) < 4.78 is 36.0. The number of hydrogen-bond acceptors (Lipinski definition) is 9. The Bertz CT molecular complexity index is 2230. The van der Waals surface area contributed by atoms with Crippen molar-refractivity contribution in [2.24, 2.45) is 17.8 Å². The molecular weight excluding hydrogens is 762 g/mol. The maximum absolute atomic E-state index is 15.1. The van der Waals surface area contributed by atoms with Crippen LogP contribution in [0.1, 0.15) is 86.5 Å². The van der Waals surface area contributed by atoms with Gasteiger partial charge in [0.25, 0.3) is 5.91 Å². The molecule has 3 aromatic rings. The van der Waals surface area contributed by atoms with E-state index in [0.717, 1.165) is 11.9 Å². The SMILES string of the molecule is C[C@H]1CC/C=C\[C@@H]2C[C@@]2(C(=O)NS(=O)(=O)C2(C)CC2)NC(=O)[C@@H]2C[C@@H](Oc3nc4nccn4c4ccc(Cl)cc34)CN2C(=O)[C@@H](N(C(=O)O)C(C)(C)C)[C@H](C)C1. The number of benzene rings is 1. The Kier molecular flexibility index (Phi) is 10.1. The molecule has 2 aliphatic heterocycles. The van der Waals surface area contributed by atoms with Crippen LogP contribution in [0.2, 0.25) is 5.02 Å². The molecule has 4 amide bonds. The summed E-state index contributed by atoms with van der Waals surface area (Å²) in [5, 5.41) is 14.5. The van der Waals surface area contributed by atoms with Crippen LogP contribution in [0, 0.1) is 17.8 Å². The van der Waals surface area contributed by atoms with Gasteiger partial charge in [0.05, 0.1) is 22.2 Å². The standard InChI is InChI=1S/C39H50ClN7O8S/c1-22-9-7-8-10-24-20-39(24,34(50)44-56(53,54)38(6)13-14-38)43-31(48)29-19-26(21-46(29)33(49)30(23(2)17-22)47(36(51)52)37(3,4)5)55-32-27-18-25(40)11-12-28(27)45-16-15-41-35(45)42-32/h8,10-12,15-16,18,22-24,26,29-30H,7,9,13-14,17,19-21H2,1-6H3,(H,43,48)(H,44,50)(H,51,52)/b10-8-/t22-,23+,24+,26+,29-,30-,39+/m0/s1. The summed E-state index contributed by atoms with van der Waals surface area (Å²) in [6, 6.07) is 2.87. The van der Waals surface area contributed by atoms with Gasteiger partial charge in [0, 0.05) is 35.3 Å². The number of allylic oxidation sites excluding steroid dienone is 1. The monoisotopic (exact) mass is 811 g/mol. The van der Waals surface area contributed by atoms with E-state index in [1.54, 1.807) is 56.6 Å². The van der Waals surface area contributed by atoms with E-state index in [4.69, 9.17) is 16.3 Å². The number of rotatable bonds is 6. The number of amides is 4. The first-order chi connectivity index (χ1) is 26.2. The Morgan fingerprint density at radius 1 is 1.16 bits per heavy atom. The predicted octanol–water partition coefficient (Wildman–Crippen LogP) is 4.92. The molecule has 15 nitrogen and oxygen atoms in total. The summed E-state index contributed by atoms with van der Waals surface area (Å²) in [7, 11) is -4.03. The van der Waals surface area contributed by atoms with E-state index < -0.39 is 79.7 Å². The Morgan fingerprint density at radius 3 is 2.57 bits per heavy atom.